The zero-order valence-corrected chi connectivity index (χ0v) is 29.3. The van der Waals surface area contributed by atoms with Gasteiger partial charge < -0.3 is 25.8 Å². The minimum Gasteiger partial charge on any atom is -0.490 e. The molecule has 5 aromatic rings. The number of rotatable bonds is 4. The number of hydrogen-bond acceptors (Lipinski definition) is 12. The van der Waals surface area contributed by atoms with Crippen LogP contribution in [0.15, 0.2) is 30.5 Å². The molecule has 17 heteroatoms. The Kier molecular flexibility index (Phi) is 9.34. The highest BCUT2D eigenvalue weighted by Gasteiger charge is 2.44. The standard InChI is InChI=1S/C28H20F5N7O2S.C8H12N2/c1-11(12-4-3-7-37-24(12)35)40-8-9-42-22-18-21(38-27(41-2)39-26(18)40)20(30)17(19(22)28(31,32)33)13-5-6-15(29)23-16(13)14(10-34)25(36)43-23;9-5-7-4-8-2-1-3-10(8)6-7/h3-7,11H,8-9,36H2,1-2H3,(H2,35,37);7-8H,1-4,6H2. The molecule has 3 aromatic heterocycles. The Hall–Kier alpha value is -5.52. The predicted molar refractivity (Wildman–Crippen MR) is 189 cm³/mol. The van der Waals surface area contributed by atoms with Gasteiger partial charge in [0.2, 0.25) is 0 Å². The predicted octanol–water partition coefficient (Wildman–Crippen LogP) is 7.20. The normalized spacial score (nSPS) is 18.8. The van der Waals surface area contributed by atoms with E-state index in [1.54, 1.807) is 30.0 Å². The van der Waals surface area contributed by atoms with Crippen molar-refractivity contribution in [2.75, 3.05) is 49.7 Å². The second-order valence-electron chi connectivity index (χ2n) is 12.9. The fourth-order valence-electron chi connectivity index (χ4n) is 7.60. The largest absolute Gasteiger partial charge is 0.490 e. The number of methoxy groups -OCH3 is 1. The number of nitriles is 2. The SMILES string of the molecule is COc1nc2c3c(c(C(F)(F)F)c(-c4ccc(F)c5sc(N)c(C#N)c45)c(F)c3n1)OCCN2C(C)c1cccnc1N.N#CC1CC2CCCN2C1. The van der Waals surface area contributed by atoms with Crippen molar-refractivity contribution in [3.63, 3.8) is 0 Å². The Bertz CT molecular complexity index is 2330. The summed E-state index contributed by atoms with van der Waals surface area (Å²) in [5, 5.41) is 17.7. The summed E-state index contributed by atoms with van der Waals surface area (Å²) in [5.41, 5.74) is 8.91. The average molecular weight is 750 g/mol. The molecule has 4 N–H and O–H groups in total. The number of alkyl halides is 3. The van der Waals surface area contributed by atoms with Crippen molar-refractivity contribution in [3.8, 4) is 35.0 Å². The van der Waals surface area contributed by atoms with Gasteiger partial charge in [-0.1, -0.05) is 12.1 Å². The minimum atomic E-state index is -5.18. The second kappa shape index (κ2) is 13.8. The molecule has 3 aliphatic rings. The minimum absolute atomic E-state index is 0.0220. The molecular weight excluding hydrogens is 718 g/mol. The molecule has 0 radical (unpaired) electrons. The molecule has 8 rings (SSSR count). The Morgan fingerprint density at radius 1 is 1.11 bits per heavy atom. The lowest BCUT2D eigenvalue weighted by atomic mass is 9.91. The van der Waals surface area contributed by atoms with E-state index >= 15 is 17.6 Å². The van der Waals surface area contributed by atoms with Crippen molar-refractivity contribution >= 4 is 49.0 Å². The number of nitrogens with zero attached hydrogens (tertiary/aromatic N) is 7. The van der Waals surface area contributed by atoms with Gasteiger partial charge in [0, 0.05) is 35.3 Å². The van der Waals surface area contributed by atoms with Gasteiger partial charge in [-0.3, -0.25) is 4.90 Å². The third-order valence-corrected chi connectivity index (χ3v) is 11.0. The number of anilines is 3. The maximum absolute atomic E-state index is 16.7. The molecule has 0 amide bonds. The molecular formula is C36H32F5N9O2S. The number of pyridine rings is 1. The molecule has 53 heavy (non-hydrogen) atoms. The molecule has 2 aromatic carbocycles. The van der Waals surface area contributed by atoms with Crippen LogP contribution >= 0.6 is 11.3 Å². The highest BCUT2D eigenvalue weighted by molar-refractivity contribution is 7.23. The first-order valence-electron chi connectivity index (χ1n) is 16.7. The van der Waals surface area contributed by atoms with Crippen LogP contribution in [0.25, 0.3) is 32.1 Å². The molecule has 0 spiro atoms. The smallest absolute Gasteiger partial charge is 0.420 e. The van der Waals surface area contributed by atoms with E-state index in [-0.39, 0.29) is 56.8 Å². The van der Waals surface area contributed by atoms with Gasteiger partial charge in [-0.15, -0.1) is 11.3 Å². The summed E-state index contributed by atoms with van der Waals surface area (Å²) in [4.78, 5) is 16.6. The summed E-state index contributed by atoms with van der Waals surface area (Å²) in [5.74, 6) is -2.49. The van der Waals surface area contributed by atoms with Crippen LogP contribution in [0.4, 0.5) is 38.6 Å². The van der Waals surface area contributed by atoms with Crippen molar-refractivity contribution in [2.45, 2.75) is 44.4 Å². The molecule has 2 saturated heterocycles. The monoisotopic (exact) mass is 749 g/mol. The number of hydrogen-bond donors (Lipinski definition) is 2. The first-order chi connectivity index (χ1) is 25.4. The highest BCUT2D eigenvalue weighted by atomic mass is 32.1. The second-order valence-corrected chi connectivity index (χ2v) is 14.0. The Balaban J connectivity index is 0.000000373. The van der Waals surface area contributed by atoms with E-state index in [9.17, 15) is 9.65 Å². The lowest BCUT2D eigenvalue weighted by Gasteiger charge is -2.30. The summed E-state index contributed by atoms with van der Waals surface area (Å²) < 4.78 is 87.5. The van der Waals surface area contributed by atoms with Gasteiger partial charge >= 0.3 is 12.2 Å². The van der Waals surface area contributed by atoms with Crippen molar-refractivity contribution in [2.24, 2.45) is 5.92 Å². The molecule has 11 nitrogen and oxygen atoms in total. The van der Waals surface area contributed by atoms with Crippen LogP contribution < -0.4 is 25.8 Å². The number of fused-ring (bicyclic) bond motifs is 2. The third-order valence-electron chi connectivity index (χ3n) is 10.00. The molecule has 0 saturated carbocycles. The summed E-state index contributed by atoms with van der Waals surface area (Å²) in [6.45, 7) is 3.78. The van der Waals surface area contributed by atoms with E-state index < -0.39 is 51.8 Å². The molecule has 6 heterocycles. The number of ether oxygens (including phenoxy) is 2. The Morgan fingerprint density at radius 3 is 2.58 bits per heavy atom. The van der Waals surface area contributed by atoms with Crippen molar-refractivity contribution in [3.05, 3.63) is 58.8 Å². The third kappa shape index (κ3) is 6.13. The fraction of sp³-hybridized carbons (Fsp3) is 0.361. The number of benzene rings is 2. The van der Waals surface area contributed by atoms with Gasteiger partial charge in [-0.25, -0.2) is 13.8 Å². The van der Waals surface area contributed by atoms with Crippen LogP contribution in [0.1, 0.15) is 48.9 Å². The number of nitrogen functional groups attached to an aromatic ring is 2. The van der Waals surface area contributed by atoms with Crippen LogP contribution in [0.5, 0.6) is 11.8 Å². The number of aromatic nitrogens is 3. The maximum Gasteiger partial charge on any atom is 0.420 e. The molecule has 3 unspecified atom stereocenters. The summed E-state index contributed by atoms with van der Waals surface area (Å²) >= 11 is 0.675. The molecule has 0 aliphatic carbocycles. The first kappa shape index (κ1) is 35.9. The van der Waals surface area contributed by atoms with Crippen molar-refractivity contribution < 1.29 is 31.4 Å². The average Bonchev–Trinajstić information content (AvgIpc) is 3.80. The maximum atomic E-state index is 16.7. The highest BCUT2D eigenvalue weighted by Crippen LogP contribution is 2.53. The van der Waals surface area contributed by atoms with E-state index in [2.05, 4.69) is 25.9 Å². The van der Waals surface area contributed by atoms with Crippen molar-refractivity contribution in [1.82, 2.24) is 19.9 Å². The van der Waals surface area contributed by atoms with E-state index in [1.165, 1.54) is 32.7 Å². The van der Waals surface area contributed by atoms with Crippen molar-refractivity contribution in [1.29, 1.82) is 10.5 Å². The van der Waals surface area contributed by atoms with Gasteiger partial charge in [0.15, 0.2) is 5.82 Å². The zero-order chi connectivity index (χ0) is 37.8. The summed E-state index contributed by atoms with van der Waals surface area (Å²) in [6, 6.07) is 9.25. The molecule has 3 aliphatic heterocycles. The number of nitrogens with two attached hydrogens (primary N) is 2. The van der Waals surface area contributed by atoms with Gasteiger partial charge in [0.1, 0.15) is 52.0 Å². The zero-order valence-electron chi connectivity index (χ0n) is 28.5. The van der Waals surface area contributed by atoms with E-state index in [1.807, 2.05) is 0 Å². The van der Waals surface area contributed by atoms with E-state index in [4.69, 9.17) is 26.2 Å². The van der Waals surface area contributed by atoms with Gasteiger partial charge in [-0.05, 0) is 50.4 Å². The fourth-order valence-corrected chi connectivity index (χ4v) is 8.55. The van der Waals surface area contributed by atoms with E-state index in [0.717, 1.165) is 31.1 Å². The molecule has 3 atom stereocenters. The van der Waals surface area contributed by atoms with Gasteiger partial charge in [0.05, 0.1) is 47.3 Å². The molecule has 274 valence electrons. The lowest BCUT2D eigenvalue weighted by molar-refractivity contribution is -0.138. The van der Waals surface area contributed by atoms with Crippen LogP contribution in [-0.4, -0.2) is 59.2 Å². The van der Waals surface area contributed by atoms with Crippen LogP contribution in [-0.2, 0) is 6.18 Å². The topological polar surface area (TPSA) is 163 Å². The quantitative estimate of drug-likeness (QED) is 0.179. The van der Waals surface area contributed by atoms with Crippen LogP contribution in [0, 0.1) is 40.2 Å². The van der Waals surface area contributed by atoms with E-state index in [0.29, 0.717) is 22.8 Å². The molecule has 2 fully saturated rings. The van der Waals surface area contributed by atoms with Crippen LogP contribution in [0.3, 0.4) is 0 Å². The Morgan fingerprint density at radius 2 is 1.91 bits per heavy atom. The Labute approximate surface area is 304 Å². The van der Waals surface area contributed by atoms with Gasteiger partial charge in [0.25, 0.3) is 0 Å². The molecule has 0 bridgehead atoms. The number of thiophene rings is 1. The summed E-state index contributed by atoms with van der Waals surface area (Å²) in [7, 11) is 1.23. The lowest BCUT2D eigenvalue weighted by Crippen LogP contribution is -2.31. The van der Waals surface area contributed by atoms with Crippen LogP contribution in [0.2, 0.25) is 0 Å². The first-order valence-corrected chi connectivity index (χ1v) is 17.5. The summed E-state index contributed by atoms with van der Waals surface area (Å²) in [6.07, 6.45) is 0.133. The van der Waals surface area contributed by atoms with Gasteiger partial charge in [-0.2, -0.15) is 33.7 Å². The number of halogens is 5.